The molecule has 7 heteroatoms. The molecule has 0 fully saturated rings. The molecule has 2 aromatic heterocycles. The Balaban J connectivity index is 1.56. The lowest BCUT2D eigenvalue weighted by Gasteiger charge is -2.08. The summed E-state index contributed by atoms with van der Waals surface area (Å²) in [6.45, 7) is 0.630. The molecule has 7 nitrogen and oxygen atoms in total. The third kappa shape index (κ3) is 3.83. The van der Waals surface area contributed by atoms with E-state index >= 15 is 0 Å². The molecule has 2 amide bonds. The van der Waals surface area contributed by atoms with Gasteiger partial charge < -0.3 is 0 Å². The van der Waals surface area contributed by atoms with Crippen LogP contribution in [-0.4, -0.2) is 26.6 Å². The molecule has 3 aromatic rings. The van der Waals surface area contributed by atoms with Crippen LogP contribution >= 0.6 is 0 Å². The van der Waals surface area contributed by atoms with Crippen molar-refractivity contribution in [3.05, 3.63) is 83.9 Å². The van der Waals surface area contributed by atoms with Crippen LogP contribution in [0.4, 0.5) is 0 Å². The van der Waals surface area contributed by atoms with Gasteiger partial charge in [0.1, 0.15) is 5.69 Å². The number of nitrogens with one attached hydrogen (secondary N) is 2. The highest BCUT2D eigenvalue weighted by molar-refractivity contribution is 5.98. The first-order valence-electron chi connectivity index (χ1n) is 7.30. The highest BCUT2D eigenvalue weighted by Gasteiger charge is 2.09. The lowest BCUT2D eigenvalue weighted by molar-refractivity contribution is 0.0844. The molecule has 3 rings (SSSR count). The standard InChI is InChI=1S/C17H15N5O2/c23-16(20-21-17(24)15-4-1-2-9-18-15)14-7-5-13(6-8-14)12-22-11-3-10-19-22/h1-11H,12H2,(H,20,23)(H,21,24). The quantitative estimate of drug-likeness (QED) is 0.711. The first-order valence-corrected chi connectivity index (χ1v) is 7.30. The molecule has 0 aliphatic rings. The predicted octanol–water partition coefficient (Wildman–Crippen LogP) is 1.40. The van der Waals surface area contributed by atoms with Crippen LogP contribution in [0.2, 0.25) is 0 Å². The van der Waals surface area contributed by atoms with E-state index in [0.717, 1.165) is 5.56 Å². The van der Waals surface area contributed by atoms with E-state index in [-0.39, 0.29) is 5.69 Å². The lowest BCUT2D eigenvalue weighted by atomic mass is 10.1. The van der Waals surface area contributed by atoms with Gasteiger partial charge in [-0.2, -0.15) is 5.10 Å². The number of aromatic nitrogens is 3. The zero-order valence-electron chi connectivity index (χ0n) is 12.7. The van der Waals surface area contributed by atoms with Gasteiger partial charge in [-0.15, -0.1) is 0 Å². The average Bonchev–Trinajstić information content (AvgIpc) is 3.14. The Morgan fingerprint density at radius 3 is 2.38 bits per heavy atom. The third-order valence-electron chi connectivity index (χ3n) is 3.31. The smallest absolute Gasteiger partial charge is 0.268 e. The van der Waals surface area contributed by atoms with Crippen molar-refractivity contribution in [1.29, 1.82) is 0 Å². The monoisotopic (exact) mass is 321 g/mol. The summed E-state index contributed by atoms with van der Waals surface area (Å²) in [5.41, 5.74) is 6.39. The first-order chi connectivity index (χ1) is 11.7. The number of amides is 2. The average molecular weight is 321 g/mol. The van der Waals surface area contributed by atoms with Crippen molar-refractivity contribution >= 4 is 11.8 Å². The van der Waals surface area contributed by atoms with E-state index < -0.39 is 11.8 Å². The van der Waals surface area contributed by atoms with Crippen molar-refractivity contribution in [2.75, 3.05) is 0 Å². The SMILES string of the molecule is O=C(NNC(=O)c1ccccn1)c1ccc(Cn2cccn2)cc1. The van der Waals surface area contributed by atoms with Crippen molar-refractivity contribution in [2.45, 2.75) is 6.54 Å². The number of nitrogens with zero attached hydrogens (tertiary/aromatic N) is 3. The van der Waals surface area contributed by atoms with Crippen molar-refractivity contribution in [3.63, 3.8) is 0 Å². The van der Waals surface area contributed by atoms with Gasteiger partial charge >= 0.3 is 0 Å². The van der Waals surface area contributed by atoms with Crippen LogP contribution < -0.4 is 10.9 Å². The summed E-state index contributed by atoms with van der Waals surface area (Å²) in [5.74, 6) is -0.871. The summed E-state index contributed by atoms with van der Waals surface area (Å²) in [6, 6.07) is 13.9. The third-order valence-corrected chi connectivity index (χ3v) is 3.31. The summed E-state index contributed by atoms with van der Waals surface area (Å²) in [6.07, 6.45) is 5.09. The van der Waals surface area contributed by atoms with E-state index in [1.807, 2.05) is 24.4 Å². The number of carbonyl (C=O) groups is 2. The van der Waals surface area contributed by atoms with Crippen LogP contribution in [-0.2, 0) is 6.54 Å². The van der Waals surface area contributed by atoms with E-state index in [0.29, 0.717) is 12.1 Å². The van der Waals surface area contributed by atoms with E-state index in [1.54, 1.807) is 41.2 Å². The Kier molecular flexibility index (Phi) is 4.62. The second-order valence-corrected chi connectivity index (χ2v) is 5.02. The van der Waals surface area contributed by atoms with E-state index in [2.05, 4.69) is 20.9 Å². The van der Waals surface area contributed by atoms with Gasteiger partial charge in [0.25, 0.3) is 11.8 Å². The van der Waals surface area contributed by atoms with Gasteiger partial charge in [0, 0.05) is 24.2 Å². The molecular weight excluding hydrogens is 306 g/mol. The Labute approximate surface area is 138 Å². The maximum absolute atomic E-state index is 12.0. The lowest BCUT2D eigenvalue weighted by Crippen LogP contribution is -2.41. The van der Waals surface area contributed by atoms with Gasteiger partial charge in [-0.25, -0.2) is 0 Å². The van der Waals surface area contributed by atoms with E-state index in [1.165, 1.54) is 6.20 Å². The molecule has 0 aliphatic carbocycles. The van der Waals surface area contributed by atoms with Gasteiger partial charge in [0.05, 0.1) is 6.54 Å². The first kappa shape index (κ1) is 15.4. The molecule has 2 N–H and O–H groups in total. The highest BCUT2D eigenvalue weighted by atomic mass is 16.2. The Morgan fingerprint density at radius 1 is 0.917 bits per heavy atom. The number of hydrogen-bond donors (Lipinski definition) is 2. The molecule has 0 radical (unpaired) electrons. The molecule has 0 aliphatic heterocycles. The van der Waals surface area contributed by atoms with Crippen LogP contribution in [0, 0.1) is 0 Å². The summed E-state index contributed by atoms with van der Waals surface area (Å²) in [7, 11) is 0. The van der Waals surface area contributed by atoms with Crippen LogP contribution in [0.15, 0.2) is 67.1 Å². The fourth-order valence-electron chi connectivity index (χ4n) is 2.09. The summed E-state index contributed by atoms with van der Waals surface area (Å²) in [4.78, 5) is 27.8. The van der Waals surface area contributed by atoms with Crippen LogP contribution in [0.3, 0.4) is 0 Å². The number of rotatable bonds is 4. The van der Waals surface area contributed by atoms with Gasteiger partial charge in [0.2, 0.25) is 0 Å². The molecule has 0 saturated heterocycles. The molecule has 0 spiro atoms. The van der Waals surface area contributed by atoms with Crippen molar-refractivity contribution in [1.82, 2.24) is 25.6 Å². The largest absolute Gasteiger partial charge is 0.288 e. The molecule has 0 unspecified atom stereocenters. The Hall–Kier alpha value is -3.48. The molecule has 120 valence electrons. The maximum Gasteiger partial charge on any atom is 0.288 e. The highest BCUT2D eigenvalue weighted by Crippen LogP contribution is 2.06. The van der Waals surface area contributed by atoms with E-state index in [4.69, 9.17) is 0 Å². The molecule has 0 bridgehead atoms. The number of pyridine rings is 1. The van der Waals surface area contributed by atoms with Gasteiger partial charge in [-0.3, -0.25) is 30.1 Å². The molecule has 2 heterocycles. The molecule has 1 aromatic carbocycles. The second kappa shape index (κ2) is 7.19. The van der Waals surface area contributed by atoms with Crippen molar-refractivity contribution in [3.8, 4) is 0 Å². The number of benzene rings is 1. The van der Waals surface area contributed by atoms with Crippen LogP contribution in [0.25, 0.3) is 0 Å². The van der Waals surface area contributed by atoms with Gasteiger partial charge in [-0.1, -0.05) is 18.2 Å². The number of hydrogen-bond acceptors (Lipinski definition) is 4. The molecule has 0 saturated carbocycles. The minimum Gasteiger partial charge on any atom is -0.268 e. The fraction of sp³-hybridized carbons (Fsp3) is 0.0588. The van der Waals surface area contributed by atoms with Crippen molar-refractivity contribution in [2.24, 2.45) is 0 Å². The Morgan fingerprint density at radius 2 is 1.71 bits per heavy atom. The predicted molar refractivity (Wildman–Crippen MR) is 86.9 cm³/mol. The Bertz CT molecular complexity index is 814. The van der Waals surface area contributed by atoms with Gasteiger partial charge in [-0.05, 0) is 35.9 Å². The summed E-state index contributed by atoms with van der Waals surface area (Å²) < 4.78 is 1.79. The molecule has 24 heavy (non-hydrogen) atoms. The zero-order valence-corrected chi connectivity index (χ0v) is 12.7. The summed E-state index contributed by atoms with van der Waals surface area (Å²) >= 11 is 0. The maximum atomic E-state index is 12.0. The minimum atomic E-state index is -0.473. The second-order valence-electron chi connectivity index (χ2n) is 5.02. The number of hydrazine groups is 1. The normalized spacial score (nSPS) is 10.2. The van der Waals surface area contributed by atoms with Crippen LogP contribution in [0.5, 0.6) is 0 Å². The molecule has 0 atom stereocenters. The topological polar surface area (TPSA) is 88.9 Å². The number of carbonyl (C=O) groups excluding carboxylic acids is 2. The van der Waals surface area contributed by atoms with Crippen molar-refractivity contribution < 1.29 is 9.59 Å². The minimum absolute atomic E-state index is 0.229. The summed E-state index contributed by atoms with van der Waals surface area (Å²) in [5, 5.41) is 4.13. The fourth-order valence-corrected chi connectivity index (χ4v) is 2.09. The van der Waals surface area contributed by atoms with Crippen LogP contribution in [0.1, 0.15) is 26.4 Å². The zero-order chi connectivity index (χ0) is 16.8. The van der Waals surface area contributed by atoms with E-state index in [9.17, 15) is 9.59 Å². The van der Waals surface area contributed by atoms with Gasteiger partial charge in [0.15, 0.2) is 0 Å². The molecular formula is C17H15N5O2.